The van der Waals surface area contributed by atoms with Crippen molar-refractivity contribution in [3.8, 4) is 0 Å². The lowest BCUT2D eigenvalue weighted by Crippen LogP contribution is -2.27. The van der Waals surface area contributed by atoms with E-state index in [0.29, 0.717) is 22.5 Å². The molecule has 6 heteroatoms. The summed E-state index contributed by atoms with van der Waals surface area (Å²) in [4.78, 5) is 24.6. The van der Waals surface area contributed by atoms with E-state index < -0.39 is 5.63 Å². The predicted molar refractivity (Wildman–Crippen MR) is 96.0 cm³/mol. The molecule has 0 saturated heterocycles. The minimum atomic E-state index is -0.509. The monoisotopic (exact) mass is 351 g/mol. The van der Waals surface area contributed by atoms with Crippen molar-refractivity contribution in [2.24, 2.45) is 0 Å². The fraction of sp³-hybridized carbons (Fsp3) is 0.200. The highest BCUT2D eigenvalue weighted by atomic mass is 16.4. The molecule has 4 aromatic rings. The highest BCUT2D eigenvalue weighted by molar-refractivity contribution is 5.96. The summed E-state index contributed by atoms with van der Waals surface area (Å²) < 4.78 is 16.1. The number of carbonyl (C=O) groups excluding carboxylic acids is 1. The molecule has 0 bridgehead atoms. The number of hydrogen-bond acceptors (Lipinski definition) is 5. The van der Waals surface area contributed by atoms with Gasteiger partial charge in [0.1, 0.15) is 16.9 Å². The van der Waals surface area contributed by atoms with E-state index in [4.69, 9.17) is 13.3 Å². The molecule has 26 heavy (non-hydrogen) atoms. The van der Waals surface area contributed by atoms with Crippen molar-refractivity contribution in [3.63, 3.8) is 0 Å². The summed E-state index contributed by atoms with van der Waals surface area (Å²) in [7, 11) is 0. The van der Waals surface area contributed by atoms with Gasteiger partial charge in [-0.1, -0.05) is 0 Å². The van der Waals surface area contributed by atoms with E-state index in [2.05, 4.69) is 5.32 Å². The average Bonchev–Trinajstić information content (AvgIpc) is 3.26. The summed E-state index contributed by atoms with van der Waals surface area (Å²) >= 11 is 0. The number of nitrogens with one attached hydrogen (secondary N) is 1. The molecule has 1 aromatic carbocycles. The highest BCUT2D eigenvalue weighted by Crippen LogP contribution is 2.28. The first-order valence-electron chi connectivity index (χ1n) is 8.26. The molecule has 3 heterocycles. The number of furan rings is 2. The molecule has 0 radical (unpaired) electrons. The average molecular weight is 351 g/mol. The standard InChI is InChI=1S/C20H17NO5/c1-11-10-25-17-8-18-15(6-14(11)17)12(2)16(20(23)26-18)7-19(22)21-9-13-4-3-5-24-13/h3-6,8,10H,7,9H2,1-2H3,(H,21,22). The quantitative estimate of drug-likeness (QED) is 0.568. The van der Waals surface area contributed by atoms with Crippen molar-refractivity contribution in [3.05, 3.63) is 69.7 Å². The molecular weight excluding hydrogens is 334 g/mol. The Kier molecular flexibility index (Phi) is 3.88. The van der Waals surface area contributed by atoms with Gasteiger partial charge in [-0.15, -0.1) is 0 Å². The summed E-state index contributed by atoms with van der Waals surface area (Å²) in [6, 6.07) is 7.18. The van der Waals surface area contributed by atoms with Gasteiger partial charge >= 0.3 is 5.63 Å². The van der Waals surface area contributed by atoms with Crippen molar-refractivity contribution >= 4 is 27.8 Å². The van der Waals surface area contributed by atoms with Gasteiger partial charge < -0.3 is 18.6 Å². The van der Waals surface area contributed by atoms with Crippen LogP contribution in [0.2, 0.25) is 0 Å². The Morgan fingerprint density at radius 1 is 1.12 bits per heavy atom. The zero-order valence-corrected chi connectivity index (χ0v) is 14.4. The molecule has 0 aliphatic carbocycles. The molecule has 132 valence electrons. The number of carbonyl (C=O) groups is 1. The summed E-state index contributed by atoms with van der Waals surface area (Å²) in [6.45, 7) is 4.06. The van der Waals surface area contributed by atoms with Gasteiger partial charge in [-0.25, -0.2) is 4.79 Å². The van der Waals surface area contributed by atoms with Crippen LogP contribution in [-0.4, -0.2) is 5.91 Å². The van der Waals surface area contributed by atoms with E-state index >= 15 is 0 Å². The van der Waals surface area contributed by atoms with Gasteiger partial charge in [0, 0.05) is 16.8 Å². The Bertz CT molecular complexity index is 1160. The van der Waals surface area contributed by atoms with E-state index in [1.165, 1.54) is 0 Å². The van der Waals surface area contributed by atoms with Crippen LogP contribution in [0.15, 0.2) is 54.8 Å². The van der Waals surface area contributed by atoms with Gasteiger partial charge in [-0.05, 0) is 43.2 Å². The smallest absolute Gasteiger partial charge is 0.340 e. The van der Waals surface area contributed by atoms with Gasteiger partial charge in [-0.2, -0.15) is 0 Å². The first-order valence-corrected chi connectivity index (χ1v) is 8.26. The lowest BCUT2D eigenvalue weighted by Gasteiger charge is -2.08. The molecule has 1 amide bonds. The molecule has 1 N–H and O–H groups in total. The van der Waals surface area contributed by atoms with Crippen LogP contribution in [0.1, 0.15) is 22.5 Å². The van der Waals surface area contributed by atoms with Crippen molar-refractivity contribution < 1.29 is 18.0 Å². The molecule has 6 nitrogen and oxygen atoms in total. The maximum atomic E-state index is 12.4. The molecule has 0 fully saturated rings. The molecule has 3 aromatic heterocycles. The Labute approximate surface area is 148 Å². The summed E-state index contributed by atoms with van der Waals surface area (Å²) in [6.07, 6.45) is 3.16. The highest BCUT2D eigenvalue weighted by Gasteiger charge is 2.16. The van der Waals surface area contributed by atoms with E-state index in [0.717, 1.165) is 21.9 Å². The summed E-state index contributed by atoms with van der Waals surface area (Å²) in [5, 5.41) is 4.50. The largest absolute Gasteiger partial charge is 0.467 e. The first kappa shape index (κ1) is 16.2. The second-order valence-electron chi connectivity index (χ2n) is 6.29. The van der Waals surface area contributed by atoms with Crippen molar-refractivity contribution in [2.75, 3.05) is 0 Å². The van der Waals surface area contributed by atoms with E-state index in [9.17, 15) is 9.59 Å². The van der Waals surface area contributed by atoms with Crippen molar-refractivity contribution in [1.29, 1.82) is 0 Å². The van der Waals surface area contributed by atoms with Gasteiger partial charge in [-0.3, -0.25) is 4.79 Å². The molecule has 0 saturated carbocycles. The van der Waals surface area contributed by atoms with Crippen LogP contribution in [0.3, 0.4) is 0 Å². The van der Waals surface area contributed by atoms with E-state index in [1.54, 1.807) is 30.7 Å². The molecule has 4 rings (SSSR count). The van der Waals surface area contributed by atoms with Crippen LogP contribution in [0.25, 0.3) is 21.9 Å². The van der Waals surface area contributed by atoms with Crippen molar-refractivity contribution in [2.45, 2.75) is 26.8 Å². The van der Waals surface area contributed by atoms with E-state index in [-0.39, 0.29) is 18.9 Å². The van der Waals surface area contributed by atoms with Crippen molar-refractivity contribution in [1.82, 2.24) is 5.32 Å². The summed E-state index contributed by atoms with van der Waals surface area (Å²) in [5.41, 5.74) is 2.72. The number of rotatable bonds is 4. The minimum absolute atomic E-state index is 0.0484. The van der Waals surface area contributed by atoms with Crippen LogP contribution in [0.5, 0.6) is 0 Å². The molecule has 0 aliphatic rings. The zero-order valence-electron chi connectivity index (χ0n) is 14.4. The SMILES string of the molecule is Cc1coc2cc3oc(=O)c(CC(=O)NCc4ccco4)c(C)c3cc12. The Balaban J connectivity index is 1.67. The maximum Gasteiger partial charge on any atom is 0.340 e. The third kappa shape index (κ3) is 2.79. The Morgan fingerprint density at radius 2 is 1.96 bits per heavy atom. The number of hydrogen-bond donors (Lipinski definition) is 1. The second-order valence-corrected chi connectivity index (χ2v) is 6.29. The lowest BCUT2D eigenvalue weighted by molar-refractivity contribution is -0.120. The second kappa shape index (κ2) is 6.22. The Morgan fingerprint density at radius 3 is 2.73 bits per heavy atom. The Hall–Kier alpha value is -3.28. The van der Waals surface area contributed by atoms with Crippen LogP contribution >= 0.6 is 0 Å². The van der Waals surface area contributed by atoms with Gasteiger partial charge in [0.2, 0.25) is 5.91 Å². The third-order valence-electron chi connectivity index (χ3n) is 4.55. The number of amides is 1. The first-order chi connectivity index (χ1) is 12.5. The fourth-order valence-electron chi connectivity index (χ4n) is 3.06. The fourth-order valence-corrected chi connectivity index (χ4v) is 3.06. The molecule has 0 spiro atoms. The van der Waals surface area contributed by atoms with Crippen LogP contribution < -0.4 is 10.9 Å². The van der Waals surface area contributed by atoms with Crippen LogP contribution in [-0.2, 0) is 17.8 Å². The van der Waals surface area contributed by atoms with E-state index in [1.807, 2.05) is 19.9 Å². The number of fused-ring (bicyclic) bond motifs is 2. The molecule has 0 unspecified atom stereocenters. The maximum absolute atomic E-state index is 12.4. The summed E-state index contributed by atoms with van der Waals surface area (Å²) in [5.74, 6) is 0.384. The van der Waals surface area contributed by atoms with Gasteiger partial charge in [0.25, 0.3) is 0 Å². The molecular formula is C20H17NO5. The normalized spacial score (nSPS) is 11.3. The number of benzene rings is 1. The minimum Gasteiger partial charge on any atom is -0.467 e. The van der Waals surface area contributed by atoms with Gasteiger partial charge in [0.05, 0.1) is 31.1 Å². The zero-order chi connectivity index (χ0) is 18.3. The number of aryl methyl sites for hydroxylation is 2. The molecule has 0 aliphatic heterocycles. The topological polar surface area (TPSA) is 85.6 Å². The lowest BCUT2D eigenvalue weighted by atomic mass is 10.0. The van der Waals surface area contributed by atoms with Gasteiger partial charge in [0.15, 0.2) is 0 Å². The van der Waals surface area contributed by atoms with Crippen LogP contribution in [0, 0.1) is 13.8 Å². The predicted octanol–water partition coefficient (Wildman–Crippen LogP) is 3.61. The van der Waals surface area contributed by atoms with Crippen LogP contribution in [0.4, 0.5) is 0 Å². The third-order valence-corrected chi connectivity index (χ3v) is 4.55. The molecule has 0 atom stereocenters.